The summed E-state index contributed by atoms with van der Waals surface area (Å²) in [6.45, 7) is 8.83. The topological polar surface area (TPSA) is 44.4 Å². The Kier molecular flexibility index (Phi) is 3.99. The molecular weight excluding hydrogens is 270 g/mol. The number of anilines is 1. The maximum Gasteiger partial charge on any atom is 0.328 e. The minimum Gasteiger partial charge on any atom is -0.355 e. The van der Waals surface area contributed by atoms with E-state index >= 15 is 0 Å². The summed E-state index contributed by atoms with van der Waals surface area (Å²) in [7, 11) is 0. The first-order chi connectivity index (χ1) is 9.30. The predicted octanol–water partition coefficient (Wildman–Crippen LogP) is 3.31. The van der Waals surface area contributed by atoms with Crippen LogP contribution in [0.1, 0.15) is 39.2 Å². The molecule has 0 saturated carbocycles. The molecule has 2 N–H and O–H groups in total. The highest BCUT2D eigenvalue weighted by molar-refractivity contribution is 7.80. The highest BCUT2D eigenvalue weighted by Gasteiger charge is 2.35. The van der Waals surface area contributed by atoms with E-state index in [2.05, 4.69) is 24.5 Å². The zero-order valence-corrected chi connectivity index (χ0v) is 13.2. The maximum absolute atomic E-state index is 12.4. The molecule has 0 unspecified atom stereocenters. The van der Waals surface area contributed by atoms with E-state index in [1.807, 2.05) is 38.1 Å². The van der Waals surface area contributed by atoms with Gasteiger partial charge in [-0.25, -0.2) is 4.79 Å². The molecule has 1 aromatic rings. The predicted molar refractivity (Wildman–Crippen MR) is 86.1 cm³/mol. The molecule has 2 amide bonds. The number of nitrogens with one attached hydrogen (secondary N) is 2. The second-order valence-electron chi connectivity index (χ2n) is 6.07. The summed E-state index contributed by atoms with van der Waals surface area (Å²) < 4.78 is 0. The van der Waals surface area contributed by atoms with Gasteiger partial charge in [-0.1, -0.05) is 32.0 Å². The van der Waals surface area contributed by atoms with Gasteiger partial charge >= 0.3 is 6.03 Å². The number of nitrogens with zero attached hydrogens (tertiary/aromatic N) is 1. The van der Waals surface area contributed by atoms with Crippen LogP contribution in [0.15, 0.2) is 24.3 Å². The summed E-state index contributed by atoms with van der Waals surface area (Å²) in [5, 5.41) is 6.59. The van der Waals surface area contributed by atoms with Gasteiger partial charge in [0, 0.05) is 5.69 Å². The third kappa shape index (κ3) is 3.10. The second-order valence-corrected chi connectivity index (χ2v) is 6.46. The lowest BCUT2D eigenvalue weighted by Crippen LogP contribution is -2.37. The van der Waals surface area contributed by atoms with Gasteiger partial charge < -0.3 is 10.6 Å². The molecule has 0 aliphatic carbocycles. The number of hydrogen-bond donors (Lipinski definition) is 2. The first-order valence-corrected chi connectivity index (χ1v) is 7.20. The van der Waals surface area contributed by atoms with Crippen molar-refractivity contribution < 1.29 is 4.79 Å². The van der Waals surface area contributed by atoms with Gasteiger partial charge in [-0.05, 0) is 43.6 Å². The molecule has 20 heavy (non-hydrogen) atoms. The lowest BCUT2D eigenvalue weighted by Gasteiger charge is -2.19. The van der Waals surface area contributed by atoms with Gasteiger partial charge in [-0.2, -0.15) is 0 Å². The molecule has 4 nitrogen and oxygen atoms in total. The van der Waals surface area contributed by atoms with Crippen LogP contribution < -0.4 is 10.6 Å². The SMILES string of the molecule is CC(C)c1ccccc1NC(=O)N1CC(C)(C)NC1=S. The zero-order valence-electron chi connectivity index (χ0n) is 12.4. The Morgan fingerprint density at radius 1 is 1.40 bits per heavy atom. The summed E-state index contributed by atoms with van der Waals surface area (Å²) in [4.78, 5) is 14.0. The molecule has 1 aromatic carbocycles. The molecule has 0 spiro atoms. The van der Waals surface area contributed by atoms with Crippen LogP contribution >= 0.6 is 12.2 Å². The molecule has 1 aliphatic heterocycles. The number of carbonyl (C=O) groups excluding carboxylic acids is 1. The number of amides is 2. The first kappa shape index (κ1) is 14.8. The van der Waals surface area contributed by atoms with Gasteiger partial charge in [-0.15, -0.1) is 0 Å². The number of benzene rings is 1. The molecular formula is C15H21N3OS. The lowest BCUT2D eigenvalue weighted by molar-refractivity contribution is 0.233. The van der Waals surface area contributed by atoms with Crippen LogP contribution in [0.25, 0.3) is 0 Å². The van der Waals surface area contributed by atoms with E-state index in [0.717, 1.165) is 11.3 Å². The van der Waals surface area contributed by atoms with Crippen LogP contribution in [-0.2, 0) is 0 Å². The lowest BCUT2D eigenvalue weighted by atomic mass is 10.0. The Morgan fingerprint density at radius 3 is 2.60 bits per heavy atom. The van der Waals surface area contributed by atoms with Crippen molar-refractivity contribution in [3.8, 4) is 0 Å². The smallest absolute Gasteiger partial charge is 0.328 e. The third-order valence-electron chi connectivity index (χ3n) is 3.31. The van der Waals surface area contributed by atoms with Gasteiger partial charge in [0.25, 0.3) is 0 Å². The molecule has 0 aromatic heterocycles. The fourth-order valence-corrected chi connectivity index (χ4v) is 2.75. The van der Waals surface area contributed by atoms with Crippen molar-refractivity contribution in [2.75, 3.05) is 11.9 Å². The van der Waals surface area contributed by atoms with Crippen molar-refractivity contribution in [2.24, 2.45) is 0 Å². The molecule has 0 bridgehead atoms. The normalized spacial score (nSPS) is 17.2. The van der Waals surface area contributed by atoms with E-state index in [1.165, 1.54) is 0 Å². The van der Waals surface area contributed by atoms with Crippen molar-refractivity contribution >= 4 is 29.0 Å². The third-order valence-corrected chi connectivity index (χ3v) is 3.64. The minimum absolute atomic E-state index is 0.175. The van der Waals surface area contributed by atoms with E-state index in [-0.39, 0.29) is 11.6 Å². The summed E-state index contributed by atoms with van der Waals surface area (Å²) in [5.41, 5.74) is 1.80. The van der Waals surface area contributed by atoms with E-state index in [9.17, 15) is 4.79 Å². The monoisotopic (exact) mass is 291 g/mol. The molecule has 108 valence electrons. The number of hydrogen-bond acceptors (Lipinski definition) is 2. The summed E-state index contributed by atoms with van der Waals surface area (Å²) in [6.07, 6.45) is 0. The highest BCUT2D eigenvalue weighted by Crippen LogP contribution is 2.24. The maximum atomic E-state index is 12.4. The number of para-hydroxylation sites is 1. The Balaban J connectivity index is 2.15. The molecule has 1 aliphatic rings. The molecule has 1 fully saturated rings. The van der Waals surface area contributed by atoms with Crippen LogP contribution in [0, 0.1) is 0 Å². The Bertz CT molecular complexity index is 540. The number of thiocarbonyl (C=S) groups is 1. The van der Waals surface area contributed by atoms with Gasteiger partial charge in [-0.3, -0.25) is 4.90 Å². The first-order valence-electron chi connectivity index (χ1n) is 6.80. The fourth-order valence-electron chi connectivity index (χ4n) is 2.32. The second kappa shape index (κ2) is 5.40. The molecule has 1 saturated heterocycles. The molecule has 1 heterocycles. The van der Waals surface area contributed by atoms with Crippen molar-refractivity contribution in [1.29, 1.82) is 0 Å². The standard InChI is InChI=1S/C15H21N3OS/c1-10(2)11-7-5-6-8-12(11)16-13(19)18-9-15(3,4)17-14(18)20/h5-8,10H,9H2,1-4H3,(H,16,19)(H,17,20). The minimum atomic E-state index is -0.179. The quantitative estimate of drug-likeness (QED) is 0.822. The van der Waals surface area contributed by atoms with E-state index < -0.39 is 0 Å². The Morgan fingerprint density at radius 2 is 2.05 bits per heavy atom. The van der Waals surface area contributed by atoms with Crippen molar-refractivity contribution in [2.45, 2.75) is 39.2 Å². The molecule has 0 atom stereocenters. The molecule has 0 radical (unpaired) electrons. The van der Waals surface area contributed by atoms with Gasteiger partial charge in [0.15, 0.2) is 5.11 Å². The van der Waals surface area contributed by atoms with Crippen LogP contribution in [0.3, 0.4) is 0 Å². The van der Waals surface area contributed by atoms with Gasteiger partial charge in [0.2, 0.25) is 0 Å². The average Bonchev–Trinajstić information content (AvgIpc) is 2.63. The Hall–Kier alpha value is -1.62. The van der Waals surface area contributed by atoms with Crippen molar-refractivity contribution in [3.63, 3.8) is 0 Å². The van der Waals surface area contributed by atoms with Crippen molar-refractivity contribution in [1.82, 2.24) is 10.2 Å². The number of rotatable bonds is 2. The number of carbonyl (C=O) groups is 1. The molecule has 2 rings (SSSR count). The van der Waals surface area contributed by atoms with E-state index in [1.54, 1.807) is 4.90 Å². The van der Waals surface area contributed by atoms with Crippen LogP contribution in [0.5, 0.6) is 0 Å². The van der Waals surface area contributed by atoms with E-state index in [0.29, 0.717) is 17.6 Å². The average molecular weight is 291 g/mol. The fraction of sp³-hybridized carbons (Fsp3) is 0.467. The number of urea groups is 1. The van der Waals surface area contributed by atoms with Crippen LogP contribution in [0.4, 0.5) is 10.5 Å². The van der Waals surface area contributed by atoms with Gasteiger partial charge in [0.1, 0.15) is 0 Å². The Labute approximate surface area is 125 Å². The largest absolute Gasteiger partial charge is 0.355 e. The van der Waals surface area contributed by atoms with E-state index in [4.69, 9.17) is 12.2 Å². The summed E-state index contributed by atoms with van der Waals surface area (Å²) in [5.74, 6) is 0.353. The highest BCUT2D eigenvalue weighted by atomic mass is 32.1. The molecule has 5 heteroatoms. The summed E-state index contributed by atoms with van der Waals surface area (Å²) in [6, 6.07) is 7.68. The van der Waals surface area contributed by atoms with Crippen molar-refractivity contribution in [3.05, 3.63) is 29.8 Å². The van der Waals surface area contributed by atoms with Crippen LogP contribution in [0.2, 0.25) is 0 Å². The summed E-state index contributed by atoms with van der Waals surface area (Å²) >= 11 is 5.22. The van der Waals surface area contributed by atoms with Gasteiger partial charge in [0.05, 0.1) is 12.1 Å². The zero-order chi connectivity index (χ0) is 14.9. The van der Waals surface area contributed by atoms with Crippen LogP contribution in [-0.4, -0.2) is 28.1 Å².